The fraction of sp³-hybridized carbons (Fsp3) is 0.231. The van der Waals surface area contributed by atoms with Crippen molar-refractivity contribution in [3.05, 3.63) is 83.4 Å². The molecule has 146 valence electrons. The van der Waals surface area contributed by atoms with Gasteiger partial charge in [-0.3, -0.25) is 0 Å². The van der Waals surface area contributed by atoms with Crippen molar-refractivity contribution in [3.63, 3.8) is 0 Å². The number of rotatable bonds is 2. The number of ether oxygens (including phenoxy) is 2. The van der Waals surface area contributed by atoms with Crippen molar-refractivity contribution in [1.82, 2.24) is 0 Å². The van der Waals surface area contributed by atoms with Crippen LogP contribution in [0.3, 0.4) is 0 Å². The Labute approximate surface area is 172 Å². The maximum Gasteiger partial charge on any atom is 0.150 e. The van der Waals surface area contributed by atoms with Gasteiger partial charge in [0.05, 0.1) is 12.6 Å². The van der Waals surface area contributed by atoms with Crippen LogP contribution in [-0.2, 0) is 0 Å². The quantitative estimate of drug-likeness (QED) is 0.551. The van der Waals surface area contributed by atoms with Crippen LogP contribution in [0.15, 0.2) is 66.7 Å². The van der Waals surface area contributed by atoms with Gasteiger partial charge in [-0.1, -0.05) is 54.6 Å². The van der Waals surface area contributed by atoms with E-state index in [1.54, 1.807) is 7.11 Å². The minimum atomic E-state index is -0.198. The summed E-state index contributed by atoms with van der Waals surface area (Å²) in [6.45, 7) is 6.56. The largest absolute Gasteiger partial charge is 0.496 e. The van der Waals surface area contributed by atoms with Crippen LogP contribution < -0.4 is 14.8 Å². The molecule has 3 aromatic rings. The molecule has 29 heavy (non-hydrogen) atoms. The van der Waals surface area contributed by atoms with Crippen molar-refractivity contribution in [2.75, 3.05) is 12.4 Å². The van der Waals surface area contributed by atoms with Gasteiger partial charge in [0.1, 0.15) is 11.5 Å². The van der Waals surface area contributed by atoms with E-state index in [-0.39, 0.29) is 11.6 Å². The van der Waals surface area contributed by atoms with E-state index in [0.29, 0.717) is 0 Å². The lowest BCUT2D eigenvalue weighted by Crippen LogP contribution is -2.32. The van der Waals surface area contributed by atoms with Crippen molar-refractivity contribution in [2.24, 2.45) is 0 Å². The van der Waals surface area contributed by atoms with Crippen LogP contribution >= 0.6 is 0 Å². The fourth-order valence-electron chi connectivity index (χ4n) is 4.72. The van der Waals surface area contributed by atoms with Gasteiger partial charge < -0.3 is 14.8 Å². The monoisotopic (exact) mass is 383 g/mol. The molecule has 3 heteroatoms. The molecule has 1 atom stereocenters. The van der Waals surface area contributed by atoms with Gasteiger partial charge >= 0.3 is 0 Å². The fourth-order valence-corrected chi connectivity index (χ4v) is 4.72. The summed E-state index contributed by atoms with van der Waals surface area (Å²) in [5, 5.41) is 3.68. The number of hydrogen-bond donors (Lipinski definition) is 1. The zero-order valence-corrected chi connectivity index (χ0v) is 17.2. The topological polar surface area (TPSA) is 30.5 Å². The van der Waals surface area contributed by atoms with Crippen molar-refractivity contribution < 1.29 is 9.47 Å². The van der Waals surface area contributed by atoms with Crippen molar-refractivity contribution in [2.45, 2.75) is 32.4 Å². The number of fused-ring (bicyclic) bond motifs is 5. The predicted octanol–water partition coefficient (Wildman–Crippen LogP) is 6.45. The van der Waals surface area contributed by atoms with Gasteiger partial charge in [-0.15, -0.1) is 0 Å². The minimum absolute atomic E-state index is 0.119. The summed E-state index contributed by atoms with van der Waals surface area (Å²) in [6, 6.07) is 20.8. The summed E-state index contributed by atoms with van der Waals surface area (Å²) in [4.78, 5) is 0. The molecule has 2 heterocycles. The lowest BCUT2D eigenvalue weighted by atomic mass is 9.80. The summed E-state index contributed by atoms with van der Waals surface area (Å²) in [5.74, 6) is 1.76. The Hall–Kier alpha value is -3.20. The summed E-state index contributed by atoms with van der Waals surface area (Å²) in [7, 11) is 1.74. The average molecular weight is 383 g/mol. The smallest absolute Gasteiger partial charge is 0.150 e. The number of benzene rings is 3. The first kappa shape index (κ1) is 17.9. The van der Waals surface area contributed by atoms with E-state index in [4.69, 9.17) is 9.47 Å². The molecule has 3 aromatic carbocycles. The minimum Gasteiger partial charge on any atom is -0.496 e. The number of para-hydroxylation sites is 1. The summed E-state index contributed by atoms with van der Waals surface area (Å²) in [6.07, 6.45) is 2.10. The zero-order chi connectivity index (χ0) is 20.2. The number of allylic oxidation sites excluding steroid dienone is 1. The normalized spacial score (nSPS) is 18.3. The van der Waals surface area contributed by atoms with Crippen molar-refractivity contribution in [3.8, 4) is 22.6 Å². The highest BCUT2D eigenvalue weighted by molar-refractivity contribution is 5.93. The van der Waals surface area contributed by atoms with Crippen LogP contribution in [-0.4, -0.2) is 12.6 Å². The average Bonchev–Trinajstić information content (AvgIpc) is 2.71. The van der Waals surface area contributed by atoms with Gasteiger partial charge in [0.25, 0.3) is 0 Å². The molecule has 1 unspecified atom stereocenters. The first-order chi connectivity index (χ1) is 14.0. The Morgan fingerprint density at radius 3 is 2.45 bits per heavy atom. The van der Waals surface area contributed by atoms with Gasteiger partial charge in [0, 0.05) is 34.0 Å². The summed E-state index contributed by atoms with van der Waals surface area (Å²) >= 11 is 0. The summed E-state index contributed by atoms with van der Waals surface area (Å²) in [5.41, 5.74) is 7.94. The Morgan fingerprint density at radius 1 is 0.966 bits per heavy atom. The SMILES string of the molecule is COc1cc2c(c3c1-c1ccccc1OC3c1ccccc1)C(C)=CC(C)(C)N2. The lowest BCUT2D eigenvalue weighted by molar-refractivity contribution is 0.242. The van der Waals surface area contributed by atoms with Crippen LogP contribution in [0.25, 0.3) is 16.7 Å². The number of anilines is 1. The highest BCUT2D eigenvalue weighted by atomic mass is 16.5. The van der Waals surface area contributed by atoms with E-state index < -0.39 is 0 Å². The lowest BCUT2D eigenvalue weighted by Gasteiger charge is -2.38. The molecule has 0 radical (unpaired) electrons. The maximum atomic E-state index is 6.60. The molecule has 0 aliphatic carbocycles. The van der Waals surface area contributed by atoms with Crippen LogP contribution in [0.2, 0.25) is 0 Å². The Kier molecular flexibility index (Phi) is 3.95. The number of hydrogen-bond acceptors (Lipinski definition) is 3. The summed E-state index contributed by atoms with van der Waals surface area (Å²) < 4.78 is 12.5. The molecule has 0 fully saturated rings. The van der Waals surface area contributed by atoms with E-state index >= 15 is 0 Å². The molecule has 3 nitrogen and oxygen atoms in total. The molecule has 0 bridgehead atoms. The number of nitrogens with one attached hydrogen (secondary N) is 1. The van der Waals surface area contributed by atoms with Crippen molar-refractivity contribution >= 4 is 11.3 Å². The third-order valence-electron chi connectivity index (χ3n) is 5.74. The van der Waals surface area contributed by atoms with E-state index in [1.165, 1.54) is 16.7 Å². The Balaban J connectivity index is 1.88. The highest BCUT2D eigenvalue weighted by Gasteiger charge is 2.36. The van der Waals surface area contributed by atoms with Gasteiger partial charge in [-0.2, -0.15) is 0 Å². The Morgan fingerprint density at radius 2 is 1.69 bits per heavy atom. The first-order valence-corrected chi connectivity index (χ1v) is 10.0. The molecular weight excluding hydrogens is 358 g/mol. The van der Waals surface area contributed by atoms with E-state index in [9.17, 15) is 0 Å². The third-order valence-corrected chi connectivity index (χ3v) is 5.74. The molecule has 0 saturated carbocycles. The van der Waals surface area contributed by atoms with Crippen LogP contribution in [0, 0.1) is 0 Å². The molecule has 2 aliphatic rings. The van der Waals surface area contributed by atoms with Crippen molar-refractivity contribution in [1.29, 1.82) is 0 Å². The molecule has 0 saturated heterocycles. The standard InChI is InChI=1S/C26H25NO2/c1-16-15-26(2,3)27-19-14-21(28-4)23-18-12-8-9-13-20(18)29-25(24(23)22(16)19)17-10-6-5-7-11-17/h5-15,25,27H,1-4H3. The molecule has 0 amide bonds. The molecule has 2 aliphatic heterocycles. The second-order valence-corrected chi connectivity index (χ2v) is 8.37. The van der Waals surface area contributed by atoms with Gasteiger partial charge in [0.2, 0.25) is 0 Å². The molecule has 0 spiro atoms. The van der Waals surface area contributed by atoms with E-state index in [1.807, 2.05) is 18.2 Å². The number of methoxy groups -OCH3 is 1. The van der Waals surface area contributed by atoms with E-state index in [2.05, 4.69) is 74.6 Å². The zero-order valence-electron chi connectivity index (χ0n) is 17.2. The van der Waals surface area contributed by atoms with Crippen LogP contribution in [0.5, 0.6) is 11.5 Å². The first-order valence-electron chi connectivity index (χ1n) is 10.0. The second kappa shape index (κ2) is 6.41. The van der Waals surface area contributed by atoms with Gasteiger partial charge in [-0.05, 0) is 38.0 Å². The third kappa shape index (κ3) is 2.80. The van der Waals surface area contributed by atoms with Gasteiger partial charge in [0.15, 0.2) is 6.10 Å². The molecule has 0 aromatic heterocycles. The predicted molar refractivity (Wildman–Crippen MR) is 119 cm³/mol. The molecule has 5 rings (SSSR count). The van der Waals surface area contributed by atoms with E-state index in [0.717, 1.165) is 33.9 Å². The maximum absolute atomic E-state index is 6.60. The second-order valence-electron chi connectivity index (χ2n) is 8.37. The molecule has 1 N–H and O–H groups in total. The molecular formula is C26H25NO2. The Bertz CT molecular complexity index is 1130. The van der Waals surface area contributed by atoms with Crippen LogP contribution in [0.1, 0.15) is 43.6 Å². The van der Waals surface area contributed by atoms with Gasteiger partial charge in [-0.25, -0.2) is 0 Å². The van der Waals surface area contributed by atoms with Crippen LogP contribution in [0.4, 0.5) is 5.69 Å². The highest BCUT2D eigenvalue weighted by Crippen LogP contribution is 2.54.